The van der Waals surface area contributed by atoms with Crippen molar-refractivity contribution in [3.05, 3.63) is 47.7 Å². The van der Waals surface area contributed by atoms with Crippen molar-refractivity contribution < 1.29 is 9.59 Å². The smallest absolute Gasteiger partial charge is 0.270 e. The highest BCUT2D eigenvalue weighted by Gasteiger charge is 2.33. The predicted molar refractivity (Wildman–Crippen MR) is 133 cm³/mol. The maximum absolute atomic E-state index is 13.4. The maximum Gasteiger partial charge on any atom is 0.270 e. The molecule has 0 aromatic carbocycles. The Bertz CT molecular complexity index is 1210. The van der Waals surface area contributed by atoms with E-state index in [1.165, 1.54) is 10.9 Å². The number of aryl methyl sites for hydroxylation is 2. The first kappa shape index (κ1) is 24.2. The predicted octanol–water partition coefficient (Wildman–Crippen LogP) is 3.48. The molecule has 182 valence electrons. The summed E-state index contributed by atoms with van der Waals surface area (Å²) in [6.45, 7) is 6.27. The second kappa shape index (κ2) is 10.6. The van der Waals surface area contributed by atoms with Crippen LogP contribution >= 0.6 is 0 Å². The van der Waals surface area contributed by atoms with E-state index in [9.17, 15) is 9.59 Å². The van der Waals surface area contributed by atoms with Gasteiger partial charge in [-0.15, -0.1) is 6.42 Å². The molecule has 4 rings (SSSR count). The Morgan fingerprint density at radius 1 is 1.23 bits per heavy atom. The SMILES string of the molecule is C#CCn1nccc1C(=O)N[C@H](C(=O)Nc1ccc(-c2c(C)n[nH]c2C)nc1)C1CCC(C)CC1. The molecule has 9 nitrogen and oxygen atoms in total. The molecule has 35 heavy (non-hydrogen) atoms. The van der Waals surface area contributed by atoms with Gasteiger partial charge in [0.15, 0.2) is 0 Å². The van der Waals surface area contributed by atoms with Crippen LogP contribution in [-0.2, 0) is 11.3 Å². The molecule has 3 aromatic heterocycles. The number of terminal acetylenes is 1. The molecule has 3 heterocycles. The number of hydrogen-bond donors (Lipinski definition) is 3. The standard InChI is InChI=1S/C26H31N7O2/c1-5-14-33-22(12-13-28-33)25(34)30-24(19-8-6-16(2)7-9-19)26(35)29-20-10-11-21(27-15-20)23-17(3)31-32-18(23)4/h1,10-13,15-16,19,24H,6-9,14H2,2-4H3,(H,29,35)(H,30,34)(H,31,32)/t16?,19?,24-/m0/s1. The first-order valence-electron chi connectivity index (χ1n) is 11.9. The molecule has 1 aliphatic carbocycles. The Morgan fingerprint density at radius 3 is 2.63 bits per heavy atom. The monoisotopic (exact) mass is 473 g/mol. The molecule has 0 unspecified atom stereocenters. The molecule has 3 aromatic rings. The fraction of sp³-hybridized carbons (Fsp3) is 0.423. The minimum Gasteiger partial charge on any atom is -0.339 e. The molecule has 2 amide bonds. The second-order valence-electron chi connectivity index (χ2n) is 9.28. The number of carbonyl (C=O) groups excluding carboxylic acids is 2. The summed E-state index contributed by atoms with van der Waals surface area (Å²) in [6.07, 6.45) is 12.4. The Kier molecular flexibility index (Phi) is 7.30. The Labute approximate surface area is 205 Å². The fourth-order valence-corrected chi connectivity index (χ4v) is 4.73. The van der Waals surface area contributed by atoms with Crippen LogP contribution in [0.5, 0.6) is 0 Å². The van der Waals surface area contributed by atoms with E-state index in [0.29, 0.717) is 17.3 Å². The first-order chi connectivity index (χ1) is 16.9. The maximum atomic E-state index is 13.4. The van der Waals surface area contributed by atoms with E-state index in [4.69, 9.17) is 6.42 Å². The van der Waals surface area contributed by atoms with Gasteiger partial charge in [-0.3, -0.25) is 19.7 Å². The quantitative estimate of drug-likeness (QED) is 0.454. The second-order valence-corrected chi connectivity index (χ2v) is 9.28. The zero-order valence-corrected chi connectivity index (χ0v) is 20.3. The van der Waals surface area contributed by atoms with Crippen molar-refractivity contribution in [3.63, 3.8) is 0 Å². The third kappa shape index (κ3) is 5.43. The number of nitrogens with one attached hydrogen (secondary N) is 3. The zero-order valence-electron chi connectivity index (χ0n) is 20.3. The van der Waals surface area contributed by atoms with Crippen LogP contribution in [0.1, 0.15) is 54.5 Å². The zero-order chi connectivity index (χ0) is 24.9. The highest BCUT2D eigenvalue weighted by atomic mass is 16.2. The van der Waals surface area contributed by atoms with Crippen LogP contribution in [0, 0.1) is 38.0 Å². The van der Waals surface area contributed by atoms with Crippen molar-refractivity contribution in [3.8, 4) is 23.6 Å². The van der Waals surface area contributed by atoms with E-state index in [1.54, 1.807) is 12.3 Å². The number of nitrogens with zero attached hydrogens (tertiary/aromatic N) is 4. The molecular weight excluding hydrogens is 442 g/mol. The van der Waals surface area contributed by atoms with Gasteiger partial charge in [0.2, 0.25) is 5.91 Å². The topological polar surface area (TPSA) is 118 Å². The average Bonchev–Trinajstić information content (AvgIpc) is 3.45. The number of pyridine rings is 1. The number of aromatic nitrogens is 5. The summed E-state index contributed by atoms with van der Waals surface area (Å²) in [5.74, 6) is 2.53. The van der Waals surface area contributed by atoms with Crippen molar-refractivity contribution >= 4 is 17.5 Å². The van der Waals surface area contributed by atoms with Gasteiger partial charge in [0, 0.05) is 17.5 Å². The summed E-state index contributed by atoms with van der Waals surface area (Å²) < 4.78 is 1.45. The molecule has 9 heteroatoms. The third-order valence-corrected chi connectivity index (χ3v) is 6.71. The molecule has 0 spiro atoms. The first-order valence-corrected chi connectivity index (χ1v) is 11.9. The fourth-order valence-electron chi connectivity index (χ4n) is 4.73. The number of anilines is 1. The number of amides is 2. The largest absolute Gasteiger partial charge is 0.339 e. The highest BCUT2D eigenvalue weighted by Crippen LogP contribution is 2.31. The molecule has 3 N–H and O–H groups in total. The normalized spacial score (nSPS) is 18.5. The van der Waals surface area contributed by atoms with Crippen LogP contribution in [0.4, 0.5) is 5.69 Å². The van der Waals surface area contributed by atoms with Crippen LogP contribution in [0.3, 0.4) is 0 Å². The number of rotatable bonds is 7. The van der Waals surface area contributed by atoms with E-state index in [1.807, 2.05) is 26.0 Å². The van der Waals surface area contributed by atoms with Crippen molar-refractivity contribution in [2.75, 3.05) is 5.32 Å². The van der Waals surface area contributed by atoms with Crippen LogP contribution in [0.15, 0.2) is 30.6 Å². The van der Waals surface area contributed by atoms with E-state index in [0.717, 1.165) is 48.3 Å². The van der Waals surface area contributed by atoms with Crippen molar-refractivity contribution in [2.45, 2.75) is 59.0 Å². The lowest BCUT2D eigenvalue weighted by Gasteiger charge is -2.32. The van der Waals surface area contributed by atoms with Crippen LogP contribution in [0.25, 0.3) is 11.3 Å². The van der Waals surface area contributed by atoms with Gasteiger partial charge < -0.3 is 10.6 Å². The molecule has 0 radical (unpaired) electrons. The molecule has 0 aliphatic heterocycles. The lowest BCUT2D eigenvalue weighted by atomic mass is 9.79. The summed E-state index contributed by atoms with van der Waals surface area (Å²) >= 11 is 0. The van der Waals surface area contributed by atoms with Crippen molar-refractivity contribution in [1.29, 1.82) is 0 Å². The summed E-state index contributed by atoms with van der Waals surface area (Å²) in [6, 6.07) is 4.60. The molecule has 0 bridgehead atoms. The number of carbonyl (C=O) groups is 2. The summed E-state index contributed by atoms with van der Waals surface area (Å²) in [5, 5.41) is 17.2. The van der Waals surface area contributed by atoms with Gasteiger partial charge in [-0.1, -0.05) is 25.7 Å². The van der Waals surface area contributed by atoms with Crippen LogP contribution < -0.4 is 10.6 Å². The molecule has 1 saturated carbocycles. The van der Waals surface area contributed by atoms with E-state index in [-0.39, 0.29) is 24.3 Å². The van der Waals surface area contributed by atoms with E-state index in [2.05, 4.69) is 43.8 Å². The van der Waals surface area contributed by atoms with Gasteiger partial charge in [0.1, 0.15) is 18.3 Å². The minimum absolute atomic E-state index is 0.0441. The Morgan fingerprint density at radius 2 is 2.00 bits per heavy atom. The average molecular weight is 474 g/mol. The van der Waals surface area contributed by atoms with Crippen molar-refractivity contribution in [1.82, 2.24) is 30.3 Å². The summed E-state index contributed by atoms with van der Waals surface area (Å²) in [4.78, 5) is 31.0. The van der Waals surface area contributed by atoms with Gasteiger partial charge in [-0.25, -0.2) is 4.68 Å². The van der Waals surface area contributed by atoms with Gasteiger partial charge in [-0.05, 0) is 56.7 Å². The van der Waals surface area contributed by atoms with Gasteiger partial charge >= 0.3 is 0 Å². The summed E-state index contributed by atoms with van der Waals surface area (Å²) in [7, 11) is 0. The van der Waals surface area contributed by atoms with E-state index < -0.39 is 6.04 Å². The molecular formula is C26H31N7O2. The number of hydrogen-bond acceptors (Lipinski definition) is 5. The lowest BCUT2D eigenvalue weighted by Crippen LogP contribution is -2.49. The number of aromatic amines is 1. The molecule has 1 aliphatic rings. The Balaban J connectivity index is 1.51. The van der Waals surface area contributed by atoms with Crippen LogP contribution in [-0.4, -0.2) is 42.8 Å². The van der Waals surface area contributed by atoms with Gasteiger partial charge in [0.25, 0.3) is 5.91 Å². The molecule has 1 atom stereocenters. The molecule has 1 fully saturated rings. The van der Waals surface area contributed by atoms with E-state index >= 15 is 0 Å². The van der Waals surface area contributed by atoms with Gasteiger partial charge in [0.05, 0.1) is 23.3 Å². The minimum atomic E-state index is -0.678. The number of H-pyrrole nitrogens is 1. The van der Waals surface area contributed by atoms with Crippen LogP contribution in [0.2, 0.25) is 0 Å². The highest BCUT2D eigenvalue weighted by molar-refractivity contribution is 6.00. The lowest BCUT2D eigenvalue weighted by molar-refractivity contribution is -0.119. The third-order valence-electron chi connectivity index (χ3n) is 6.71. The molecule has 0 saturated heterocycles. The van der Waals surface area contributed by atoms with Crippen molar-refractivity contribution in [2.24, 2.45) is 11.8 Å². The van der Waals surface area contributed by atoms with Gasteiger partial charge in [-0.2, -0.15) is 10.2 Å². The summed E-state index contributed by atoms with van der Waals surface area (Å²) in [5.41, 5.74) is 4.43. The Hall–Kier alpha value is -3.93.